The Hall–Kier alpha value is -3.74. The third-order valence-corrected chi connectivity index (χ3v) is 4.20. The molecule has 0 saturated carbocycles. The van der Waals surface area contributed by atoms with E-state index >= 15 is 0 Å². The lowest BCUT2D eigenvalue weighted by Crippen LogP contribution is -2.10. The van der Waals surface area contributed by atoms with E-state index in [0.29, 0.717) is 28.0 Å². The maximum absolute atomic E-state index is 9.84. The van der Waals surface area contributed by atoms with E-state index in [9.17, 15) is 10.5 Å². The molecule has 2 heterocycles. The molecule has 0 radical (unpaired) electrons. The molecule has 1 aromatic carbocycles. The smallest absolute Gasteiger partial charge is 0.153 e. The molecule has 0 unspecified atom stereocenters. The summed E-state index contributed by atoms with van der Waals surface area (Å²) in [5.74, 6) is 0.0923. The van der Waals surface area contributed by atoms with E-state index in [1.54, 1.807) is 19.3 Å². The second-order valence-corrected chi connectivity index (χ2v) is 5.92. The summed E-state index contributed by atoms with van der Waals surface area (Å²) >= 11 is 6.28. The number of halogens is 1. The van der Waals surface area contributed by atoms with Crippen molar-refractivity contribution in [2.75, 3.05) is 7.05 Å². The number of aromatic nitrogens is 1. The van der Waals surface area contributed by atoms with Gasteiger partial charge >= 0.3 is 0 Å². The van der Waals surface area contributed by atoms with Crippen LogP contribution in [0.3, 0.4) is 0 Å². The minimum absolute atomic E-state index is 0.0134. The largest absolute Gasteiger partial charge is 0.393 e. The fraction of sp³-hybridized carbons (Fsp3) is 0.0500. The third kappa shape index (κ3) is 3.35. The van der Waals surface area contributed by atoms with Gasteiger partial charge in [-0.3, -0.25) is 5.41 Å². The summed E-state index contributed by atoms with van der Waals surface area (Å²) in [5, 5.41) is 30.1. The summed E-state index contributed by atoms with van der Waals surface area (Å²) in [5.41, 5.74) is 2.91. The molecule has 0 fully saturated rings. The van der Waals surface area contributed by atoms with E-state index in [1.807, 2.05) is 36.4 Å². The molecular weight excluding hydrogens is 360 g/mol. The zero-order valence-corrected chi connectivity index (χ0v) is 15.0. The van der Waals surface area contributed by atoms with Crippen LogP contribution in [0.5, 0.6) is 0 Å². The molecule has 0 saturated heterocycles. The van der Waals surface area contributed by atoms with Gasteiger partial charge in [0, 0.05) is 36.2 Å². The van der Waals surface area contributed by atoms with Crippen molar-refractivity contribution in [1.29, 1.82) is 15.9 Å². The second-order valence-electron chi connectivity index (χ2n) is 5.56. The number of dihydropyridines is 1. The molecule has 2 aromatic rings. The van der Waals surface area contributed by atoms with Gasteiger partial charge < -0.3 is 5.32 Å². The summed E-state index contributed by atoms with van der Waals surface area (Å²) in [6, 6.07) is 13.3. The summed E-state index contributed by atoms with van der Waals surface area (Å²) in [6.45, 7) is 0. The lowest BCUT2D eigenvalue weighted by atomic mass is 9.92. The van der Waals surface area contributed by atoms with Gasteiger partial charge in [-0.15, -0.1) is 0 Å². The van der Waals surface area contributed by atoms with Crippen LogP contribution in [0.2, 0.25) is 5.15 Å². The van der Waals surface area contributed by atoms with Crippen LogP contribution >= 0.6 is 11.6 Å². The standard InChI is InChI=1S/C20H13ClN6/c1-25-10-14-7-13(11-26-20(14)24)18-15(8-22)17(12-5-3-2-4-6-12)16(9-23)19(21)27-18/h2-7,10-11,24-25H,1H3/b14-10-,24-20?. The van der Waals surface area contributed by atoms with Crippen molar-refractivity contribution in [3.05, 3.63) is 70.2 Å². The SMILES string of the molecule is CN/C=C1/C=C(c2nc(Cl)c(C#N)c(-c3ccccc3)c2C#N)C=NC1=N. The summed E-state index contributed by atoms with van der Waals surface area (Å²) in [7, 11) is 1.72. The lowest BCUT2D eigenvalue weighted by molar-refractivity contribution is 1.09. The van der Waals surface area contributed by atoms with E-state index < -0.39 is 0 Å². The van der Waals surface area contributed by atoms with Crippen LogP contribution in [-0.4, -0.2) is 24.1 Å². The first-order valence-corrected chi connectivity index (χ1v) is 8.30. The Morgan fingerprint density at radius 1 is 1.15 bits per heavy atom. The van der Waals surface area contributed by atoms with Crippen molar-refractivity contribution in [2.45, 2.75) is 0 Å². The molecule has 27 heavy (non-hydrogen) atoms. The Kier molecular flexibility index (Phi) is 5.12. The molecule has 0 atom stereocenters. The predicted molar refractivity (Wildman–Crippen MR) is 105 cm³/mol. The highest BCUT2D eigenvalue weighted by molar-refractivity contribution is 6.31. The number of allylic oxidation sites excluding steroid dienone is 1. The van der Waals surface area contributed by atoms with Gasteiger partial charge in [0.1, 0.15) is 17.3 Å². The quantitative estimate of drug-likeness (QED) is 0.800. The van der Waals surface area contributed by atoms with Crippen molar-refractivity contribution in [3.63, 3.8) is 0 Å². The first-order valence-electron chi connectivity index (χ1n) is 7.92. The lowest BCUT2D eigenvalue weighted by Gasteiger charge is -2.15. The zero-order valence-electron chi connectivity index (χ0n) is 14.3. The van der Waals surface area contributed by atoms with Gasteiger partial charge in [-0.1, -0.05) is 41.9 Å². The number of rotatable bonds is 3. The van der Waals surface area contributed by atoms with Gasteiger partial charge in [-0.05, 0) is 11.6 Å². The van der Waals surface area contributed by atoms with Gasteiger partial charge in [-0.2, -0.15) is 10.5 Å². The molecule has 0 bridgehead atoms. The Bertz CT molecular complexity index is 1100. The van der Waals surface area contributed by atoms with Gasteiger partial charge in [-0.25, -0.2) is 9.98 Å². The van der Waals surface area contributed by atoms with E-state index in [0.717, 1.165) is 0 Å². The van der Waals surface area contributed by atoms with E-state index in [-0.39, 0.29) is 22.1 Å². The number of amidine groups is 1. The number of aliphatic imine (C=N–C) groups is 1. The van der Waals surface area contributed by atoms with Crippen LogP contribution in [0.25, 0.3) is 16.7 Å². The molecule has 130 valence electrons. The number of benzene rings is 1. The third-order valence-electron chi connectivity index (χ3n) is 3.93. The van der Waals surface area contributed by atoms with Crippen molar-refractivity contribution in [2.24, 2.45) is 4.99 Å². The van der Waals surface area contributed by atoms with E-state index in [2.05, 4.69) is 21.4 Å². The Morgan fingerprint density at radius 2 is 1.85 bits per heavy atom. The maximum atomic E-state index is 9.84. The zero-order chi connectivity index (χ0) is 19.4. The van der Waals surface area contributed by atoms with Crippen LogP contribution in [0.4, 0.5) is 0 Å². The molecule has 6 nitrogen and oxygen atoms in total. The number of nitrogens with one attached hydrogen (secondary N) is 2. The van der Waals surface area contributed by atoms with Gasteiger partial charge in [0.2, 0.25) is 0 Å². The average Bonchev–Trinajstić information content (AvgIpc) is 2.69. The number of hydrogen-bond acceptors (Lipinski definition) is 5. The number of pyridine rings is 1. The topological polar surface area (TPSA) is 109 Å². The van der Waals surface area contributed by atoms with E-state index in [4.69, 9.17) is 17.0 Å². The van der Waals surface area contributed by atoms with Crippen molar-refractivity contribution < 1.29 is 0 Å². The van der Waals surface area contributed by atoms with Crippen LogP contribution < -0.4 is 5.32 Å². The molecule has 1 aliphatic heterocycles. The molecule has 2 N–H and O–H groups in total. The Labute approximate surface area is 161 Å². The molecule has 3 rings (SSSR count). The molecule has 7 heteroatoms. The van der Waals surface area contributed by atoms with Crippen molar-refractivity contribution >= 4 is 29.2 Å². The highest BCUT2D eigenvalue weighted by atomic mass is 35.5. The molecule has 1 aliphatic rings. The fourth-order valence-corrected chi connectivity index (χ4v) is 2.97. The average molecular weight is 373 g/mol. The Morgan fingerprint density at radius 3 is 2.48 bits per heavy atom. The molecule has 0 aliphatic carbocycles. The Balaban J connectivity index is 2.32. The van der Waals surface area contributed by atoms with E-state index in [1.165, 1.54) is 6.21 Å². The molecule has 0 amide bonds. The van der Waals surface area contributed by atoms with Crippen LogP contribution in [0, 0.1) is 28.1 Å². The number of hydrogen-bond donors (Lipinski definition) is 2. The molecular formula is C20H13ClN6. The van der Waals surface area contributed by atoms with Crippen LogP contribution in [0.15, 0.2) is 53.2 Å². The fourth-order valence-electron chi connectivity index (χ4n) is 2.75. The minimum Gasteiger partial charge on any atom is -0.393 e. The van der Waals surface area contributed by atoms with Crippen LogP contribution in [-0.2, 0) is 0 Å². The minimum atomic E-state index is 0.0134. The highest BCUT2D eigenvalue weighted by Crippen LogP contribution is 2.35. The second kappa shape index (κ2) is 7.65. The summed E-state index contributed by atoms with van der Waals surface area (Å²) < 4.78 is 0. The predicted octanol–water partition coefficient (Wildman–Crippen LogP) is 3.69. The van der Waals surface area contributed by atoms with Crippen LogP contribution in [0.1, 0.15) is 16.8 Å². The molecule has 1 aromatic heterocycles. The number of nitriles is 2. The monoisotopic (exact) mass is 372 g/mol. The normalized spacial score (nSPS) is 14.4. The van der Waals surface area contributed by atoms with Crippen molar-refractivity contribution in [1.82, 2.24) is 10.3 Å². The van der Waals surface area contributed by atoms with Crippen molar-refractivity contribution in [3.8, 4) is 23.3 Å². The van der Waals surface area contributed by atoms with Gasteiger partial charge in [0.25, 0.3) is 0 Å². The number of nitrogens with zero attached hydrogens (tertiary/aromatic N) is 4. The first-order chi connectivity index (χ1) is 13.1. The van der Waals surface area contributed by atoms with Gasteiger partial charge in [0.05, 0.1) is 16.8 Å². The summed E-state index contributed by atoms with van der Waals surface area (Å²) in [4.78, 5) is 8.35. The maximum Gasteiger partial charge on any atom is 0.153 e. The van der Waals surface area contributed by atoms with Gasteiger partial charge in [0.15, 0.2) is 5.84 Å². The first kappa shape index (κ1) is 18.1. The molecule has 0 spiro atoms. The summed E-state index contributed by atoms with van der Waals surface area (Å²) in [6.07, 6.45) is 4.80. The highest BCUT2D eigenvalue weighted by Gasteiger charge is 2.23.